The number of benzene rings is 3. The Balaban J connectivity index is 2.20. The van der Waals surface area contributed by atoms with E-state index in [2.05, 4.69) is 22.0 Å². The fraction of sp³-hybridized carbons (Fsp3) is 0. The number of fused-ring (bicyclic) bond motifs is 1. The van der Waals surface area contributed by atoms with Crippen molar-refractivity contribution in [3.05, 3.63) is 76.3 Å². The molecule has 0 aliphatic carbocycles. The highest BCUT2D eigenvalue weighted by Gasteiger charge is 2.07. The van der Waals surface area contributed by atoms with Crippen LogP contribution in [0.1, 0.15) is 11.1 Å². The average molecular weight is 350 g/mol. The molecule has 1 N–H and O–H groups in total. The molecule has 0 aliphatic heterocycles. The zero-order valence-corrected chi connectivity index (χ0v) is 13.2. The van der Waals surface area contributed by atoms with E-state index in [0.717, 1.165) is 20.8 Å². The summed E-state index contributed by atoms with van der Waals surface area (Å²) in [4.78, 5) is 0. The molecular weight excluding hydrogens is 338 g/mol. The van der Waals surface area contributed by atoms with Crippen LogP contribution in [0.15, 0.2) is 65.1 Å². The first-order valence-electron chi connectivity index (χ1n) is 6.77. The first-order valence-corrected chi connectivity index (χ1v) is 7.57. The van der Waals surface area contributed by atoms with Crippen LogP contribution in [0.3, 0.4) is 0 Å². The highest BCUT2D eigenvalue weighted by atomic mass is 79.9. The van der Waals surface area contributed by atoms with Gasteiger partial charge in [-0.25, -0.2) is 0 Å². The van der Waals surface area contributed by atoms with E-state index in [1.54, 1.807) is 12.1 Å². The van der Waals surface area contributed by atoms with Crippen LogP contribution in [0.2, 0.25) is 0 Å². The van der Waals surface area contributed by atoms with Crippen molar-refractivity contribution in [1.82, 2.24) is 0 Å². The fourth-order valence-corrected chi connectivity index (χ4v) is 2.65. The smallest absolute Gasteiger partial charge is 0.123 e. The number of phenols is 1. The van der Waals surface area contributed by atoms with E-state index in [1.807, 2.05) is 54.6 Å². The predicted molar refractivity (Wildman–Crippen MR) is 93.2 cm³/mol. The number of hydrogen-bond donors (Lipinski definition) is 1. The highest BCUT2D eigenvalue weighted by molar-refractivity contribution is 9.10. The molecule has 0 aliphatic rings. The minimum Gasteiger partial charge on any atom is -0.507 e. The van der Waals surface area contributed by atoms with Gasteiger partial charge in [-0.2, -0.15) is 5.26 Å². The molecule has 0 bridgehead atoms. The third-order valence-electron chi connectivity index (χ3n) is 3.51. The molecule has 0 saturated heterocycles. The number of halogens is 1. The summed E-state index contributed by atoms with van der Waals surface area (Å²) in [7, 11) is 0. The Hall–Kier alpha value is -2.57. The van der Waals surface area contributed by atoms with E-state index in [1.165, 1.54) is 0 Å². The molecule has 0 amide bonds. The number of nitriles is 1. The van der Waals surface area contributed by atoms with Crippen LogP contribution in [0.25, 0.3) is 22.4 Å². The predicted octanol–water partition coefficient (Wildman–Crippen LogP) is 5.37. The van der Waals surface area contributed by atoms with Gasteiger partial charge in [0.2, 0.25) is 0 Å². The van der Waals surface area contributed by atoms with Gasteiger partial charge >= 0.3 is 0 Å². The summed E-state index contributed by atoms with van der Waals surface area (Å²) in [6, 6.07) is 21.1. The van der Waals surface area contributed by atoms with Gasteiger partial charge in [0.25, 0.3) is 0 Å². The van der Waals surface area contributed by atoms with Crippen molar-refractivity contribution in [3.63, 3.8) is 0 Å². The summed E-state index contributed by atoms with van der Waals surface area (Å²) in [5.41, 5.74) is 2.00. The number of hydrogen-bond acceptors (Lipinski definition) is 2. The first-order chi connectivity index (χ1) is 10.7. The molecule has 3 aromatic carbocycles. The van der Waals surface area contributed by atoms with E-state index in [0.29, 0.717) is 11.1 Å². The Kier molecular flexibility index (Phi) is 3.95. The van der Waals surface area contributed by atoms with Crippen molar-refractivity contribution in [1.29, 1.82) is 5.26 Å². The fourth-order valence-electron chi connectivity index (χ4n) is 2.39. The first kappa shape index (κ1) is 14.4. The second kappa shape index (κ2) is 6.05. The average Bonchev–Trinajstić information content (AvgIpc) is 2.55. The van der Waals surface area contributed by atoms with Crippen molar-refractivity contribution in [2.24, 2.45) is 0 Å². The summed E-state index contributed by atoms with van der Waals surface area (Å²) in [6.45, 7) is 0. The van der Waals surface area contributed by atoms with Gasteiger partial charge in [-0.15, -0.1) is 0 Å². The number of rotatable bonds is 2. The summed E-state index contributed by atoms with van der Waals surface area (Å²) < 4.78 is 0.960. The standard InChI is InChI=1S/C19H12BrNO/c20-16-8-5-13(6-9-16)15(12-21)11-18-17-4-2-1-3-14(17)7-10-19(18)22/h1-11,22H/b15-11+. The number of phenolic OH excluding ortho intramolecular Hbond substituents is 1. The minimum atomic E-state index is 0.170. The van der Waals surface area contributed by atoms with E-state index in [9.17, 15) is 10.4 Å². The van der Waals surface area contributed by atoms with Gasteiger partial charge in [-0.3, -0.25) is 0 Å². The molecule has 0 spiro atoms. The zero-order valence-electron chi connectivity index (χ0n) is 11.6. The maximum Gasteiger partial charge on any atom is 0.123 e. The Morgan fingerprint density at radius 2 is 1.73 bits per heavy atom. The molecule has 0 saturated carbocycles. The van der Waals surface area contributed by atoms with Crippen molar-refractivity contribution in [3.8, 4) is 11.8 Å². The summed E-state index contributed by atoms with van der Waals surface area (Å²) in [6.07, 6.45) is 1.74. The molecule has 3 aromatic rings. The lowest BCUT2D eigenvalue weighted by molar-refractivity contribution is 0.475. The van der Waals surface area contributed by atoms with Crippen LogP contribution in [-0.2, 0) is 0 Å². The molecule has 0 unspecified atom stereocenters. The van der Waals surface area contributed by atoms with Crippen molar-refractivity contribution >= 4 is 38.4 Å². The molecule has 0 atom stereocenters. The number of aromatic hydroxyl groups is 1. The van der Waals surface area contributed by atoms with Gasteiger partial charge < -0.3 is 5.11 Å². The Morgan fingerprint density at radius 3 is 2.45 bits per heavy atom. The van der Waals surface area contributed by atoms with Crippen LogP contribution in [0.5, 0.6) is 5.75 Å². The van der Waals surface area contributed by atoms with Crippen molar-refractivity contribution < 1.29 is 5.11 Å². The van der Waals surface area contributed by atoms with E-state index >= 15 is 0 Å². The monoisotopic (exact) mass is 349 g/mol. The van der Waals surface area contributed by atoms with Gasteiger partial charge in [0.05, 0.1) is 11.6 Å². The number of allylic oxidation sites excluding steroid dienone is 1. The lowest BCUT2D eigenvalue weighted by atomic mass is 9.99. The van der Waals surface area contributed by atoms with E-state index in [4.69, 9.17) is 0 Å². The van der Waals surface area contributed by atoms with Gasteiger partial charge in [0, 0.05) is 10.0 Å². The molecule has 106 valence electrons. The topological polar surface area (TPSA) is 44.0 Å². The maximum absolute atomic E-state index is 10.2. The summed E-state index contributed by atoms with van der Waals surface area (Å²) in [5, 5.41) is 21.6. The van der Waals surface area contributed by atoms with Crippen LogP contribution in [0.4, 0.5) is 0 Å². The lowest BCUT2D eigenvalue weighted by Crippen LogP contribution is -1.84. The molecule has 22 heavy (non-hydrogen) atoms. The Morgan fingerprint density at radius 1 is 1.00 bits per heavy atom. The van der Waals surface area contributed by atoms with E-state index in [-0.39, 0.29) is 5.75 Å². The number of nitrogens with zero attached hydrogens (tertiary/aromatic N) is 1. The largest absolute Gasteiger partial charge is 0.507 e. The molecule has 0 fully saturated rings. The van der Waals surface area contributed by atoms with Crippen molar-refractivity contribution in [2.75, 3.05) is 0 Å². The third-order valence-corrected chi connectivity index (χ3v) is 4.04. The SMILES string of the molecule is N#C/C(=C\c1c(O)ccc2ccccc12)c1ccc(Br)cc1. The minimum absolute atomic E-state index is 0.170. The molecule has 0 heterocycles. The van der Waals surface area contributed by atoms with Gasteiger partial charge in [-0.1, -0.05) is 58.4 Å². The third kappa shape index (κ3) is 2.74. The molecule has 3 heteroatoms. The summed E-state index contributed by atoms with van der Waals surface area (Å²) >= 11 is 3.39. The molecule has 2 nitrogen and oxygen atoms in total. The Labute approximate surface area is 137 Å². The zero-order chi connectivity index (χ0) is 15.5. The molecular formula is C19H12BrNO. The molecule has 0 aromatic heterocycles. The quantitative estimate of drug-likeness (QED) is 0.499. The molecule has 3 rings (SSSR count). The van der Waals surface area contributed by atoms with Crippen LogP contribution >= 0.6 is 15.9 Å². The highest BCUT2D eigenvalue weighted by Crippen LogP contribution is 2.31. The van der Waals surface area contributed by atoms with Gasteiger partial charge in [0.1, 0.15) is 5.75 Å². The van der Waals surface area contributed by atoms with Crippen LogP contribution in [0, 0.1) is 11.3 Å². The van der Waals surface area contributed by atoms with Crippen LogP contribution in [-0.4, -0.2) is 5.11 Å². The molecule has 0 radical (unpaired) electrons. The van der Waals surface area contributed by atoms with E-state index < -0.39 is 0 Å². The Bertz CT molecular complexity index is 905. The second-order valence-electron chi connectivity index (χ2n) is 4.90. The second-order valence-corrected chi connectivity index (χ2v) is 5.81. The van der Waals surface area contributed by atoms with Gasteiger partial charge in [0.15, 0.2) is 0 Å². The summed E-state index contributed by atoms with van der Waals surface area (Å²) in [5.74, 6) is 0.170. The van der Waals surface area contributed by atoms with Crippen molar-refractivity contribution in [2.45, 2.75) is 0 Å². The lowest BCUT2D eigenvalue weighted by Gasteiger charge is -2.06. The van der Waals surface area contributed by atoms with Crippen LogP contribution < -0.4 is 0 Å². The normalized spacial score (nSPS) is 11.4. The van der Waals surface area contributed by atoms with Gasteiger partial charge in [-0.05, 0) is 40.6 Å². The maximum atomic E-state index is 10.2.